The van der Waals surface area contributed by atoms with Crippen molar-refractivity contribution in [3.63, 3.8) is 0 Å². The zero-order valence-corrected chi connectivity index (χ0v) is 17.5. The molecule has 11 heteroatoms. The van der Waals surface area contributed by atoms with Crippen LogP contribution in [-0.4, -0.2) is 54.1 Å². The first kappa shape index (κ1) is 22.1. The molecule has 0 aliphatic carbocycles. The number of amides is 2. The smallest absolute Gasteiger partial charge is 0.235 e. The fourth-order valence-electron chi connectivity index (χ4n) is 3.54. The number of carboxylic acid groups (broad SMARTS) is 1. The molecule has 0 bridgehead atoms. The Balaban J connectivity index is 1.73. The van der Waals surface area contributed by atoms with Crippen LogP contribution in [0.4, 0.5) is 0 Å². The standard InChI is InChI=1S/C19H20N2O7S2/c1-11(22)20-7-8-29-15-9-13-16(18(24)21(13)17(15)19(25)26)14(23)10-30(27,28)12-5-3-2-4-6-12/h2-8,13-14,16,23H,9-10H2,1H3,(H,20,22)(H,25,26)/p-1/b8-7+/t13-,14+,16-/m1/s1. The minimum Gasteiger partial charge on any atom is -0.543 e. The first-order chi connectivity index (χ1) is 14.1. The highest BCUT2D eigenvalue weighted by Crippen LogP contribution is 2.47. The van der Waals surface area contributed by atoms with Gasteiger partial charge in [0.1, 0.15) is 0 Å². The van der Waals surface area contributed by atoms with Crippen LogP contribution in [0.25, 0.3) is 0 Å². The molecule has 2 amide bonds. The number of hydrogen-bond donors (Lipinski definition) is 2. The number of sulfone groups is 1. The van der Waals surface area contributed by atoms with Crippen LogP contribution in [0.1, 0.15) is 13.3 Å². The van der Waals surface area contributed by atoms with Gasteiger partial charge in [0.25, 0.3) is 0 Å². The van der Waals surface area contributed by atoms with Crippen molar-refractivity contribution in [2.45, 2.75) is 30.4 Å². The summed E-state index contributed by atoms with van der Waals surface area (Å²) in [6.07, 6.45) is -0.00784. The summed E-state index contributed by atoms with van der Waals surface area (Å²) < 4.78 is 25.0. The Kier molecular flexibility index (Phi) is 6.34. The number of β-lactam (4-membered cyclic amide) rings is 1. The Morgan fingerprint density at radius 2 is 2.03 bits per heavy atom. The van der Waals surface area contributed by atoms with E-state index in [0.717, 1.165) is 16.7 Å². The van der Waals surface area contributed by atoms with Gasteiger partial charge in [-0.2, -0.15) is 0 Å². The Morgan fingerprint density at radius 1 is 1.37 bits per heavy atom. The van der Waals surface area contributed by atoms with Crippen LogP contribution in [0.2, 0.25) is 0 Å². The van der Waals surface area contributed by atoms with Gasteiger partial charge in [-0.3, -0.25) is 9.59 Å². The number of hydrogen-bond acceptors (Lipinski definition) is 8. The van der Waals surface area contributed by atoms with Gasteiger partial charge in [-0.25, -0.2) is 8.42 Å². The number of aliphatic hydroxyl groups excluding tert-OH is 1. The molecular formula is C19H19N2O7S2-. The van der Waals surface area contributed by atoms with Gasteiger partial charge < -0.3 is 25.2 Å². The molecule has 3 rings (SSSR count). The molecule has 2 N–H and O–H groups in total. The van der Waals surface area contributed by atoms with Crippen LogP contribution in [0.3, 0.4) is 0 Å². The summed E-state index contributed by atoms with van der Waals surface area (Å²) in [5, 5.41) is 25.9. The van der Waals surface area contributed by atoms with E-state index in [1.807, 2.05) is 0 Å². The van der Waals surface area contributed by atoms with E-state index in [9.17, 15) is 33.0 Å². The molecule has 1 saturated heterocycles. The van der Waals surface area contributed by atoms with Crippen molar-refractivity contribution in [2.75, 3.05) is 5.75 Å². The highest BCUT2D eigenvalue weighted by atomic mass is 32.2. The predicted octanol–water partition coefficient (Wildman–Crippen LogP) is -0.646. The average Bonchev–Trinajstić information content (AvgIpc) is 3.00. The number of carbonyl (C=O) groups is 3. The van der Waals surface area contributed by atoms with Gasteiger partial charge in [0.2, 0.25) is 11.8 Å². The number of nitrogens with one attached hydrogen (secondary N) is 1. The lowest BCUT2D eigenvalue weighted by molar-refractivity contribution is -0.301. The van der Waals surface area contributed by atoms with Crippen LogP contribution in [0.15, 0.2) is 57.4 Å². The van der Waals surface area contributed by atoms with E-state index in [2.05, 4.69) is 5.32 Å². The lowest BCUT2D eigenvalue weighted by Crippen LogP contribution is -2.63. The first-order valence-corrected chi connectivity index (χ1v) is 11.5. The molecular weight excluding hydrogens is 432 g/mol. The molecule has 9 nitrogen and oxygen atoms in total. The summed E-state index contributed by atoms with van der Waals surface area (Å²) in [6.45, 7) is 1.32. The van der Waals surface area contributed by atoms with Gasteiger partial charge in [-0.15, -0.1) is 0 Å². The Morgan fingerprint density at radius 3 is 2.63 bits per heavy atom. The Labute approximate surface area is 177 Å². The number of fused-ring (bicyclic) bond motifs is 1. The second kappa shape index (κ2) is 8.62. The van der Waals surface area contributed by atoms with E-state index in [0.29, 0.717) is 4.91 Å². The van der Waals surface area contributed by atoms with E-state index >= 15 is 0 Å². The van der Waals surface area contributed by atoms with Crippen LogP contribution in [-0.2, 0) is 24.2 Å². The molecule has 0 spiro atoms. The first-order valence-electron chi connectivity index (χ1n) is 8.95. The molecule has 160 valence electrons. The topological polar surface area (TPSA) is 144 Å². The zero-order chi connectivity index (χ0) is 22.1. The van der Waals surface area contributed by atoms with Gasteiger partial charge in [0, 0.05) is 24.4 Å². The van der Waals surface area contributed by atoms with Crippen molar-refractivity contribution in [1.82, 2.24) is 10.2 Å². The summed E-state index contributed by atoms with van der Waals surface area (Å²) in [5.41, 5.74) is -0.295. The number of aliphatic hydroxyl groups is 1. The van der Waals surface area contributed by atoms with Crippen LogP contribution >= 0.6 is 11.8 Å². The molecule has 2 aliphatic rings. The van der Waals surface area contributed by atoms with Crippen molar-refractivity contribution in [1.29, 1.82) is 0 Å². The summed E-state index contributed by atoms with van der Waals surface area (Å²) in [4.78, 5) is 36.4. The normalized spacial score (nSPS) is 22.1. The monoisotopic (exact) mass is 451 g/mol. The number of aliphatic carboxylic acids is 1. The summed E-state index contributed by atoms with van der Waals surface area (Å²) in [6, 6.07) is 6.91. The highest BCUT2D eigenvalue weighted by Gasteiger charge is 2.56. The van der Waals surface area contributed by atoms with Gasteiger partial charge in [-0.1, -0.05) is 30.0 Å². The van der Waals surface area contributed by atoms with Crippen molar-refractivity contribution in [2.24, 2.45) is 5.92 Å². The summed E-state index contributed by atoms with van der Waals surface area (Å²) >= 11 is 1.01. The van der Waals surface area contributed by atoms with Gasteiger partial charge in [0.15, 0.2) is 9.84 Å². The van der Waals surface area contributed by atoms with E-state index in [1.54, 1.807) is 18.2 Å². The molecule has 30 heavy (non-hydrogen) atoms. The number of carboxylic acids is 1. The van der Waals surface area contributed by atoms with Crippen molar-refractivity contribution in [3.8, 4) is 0 Å². The third-order valence-electron chi connectivity index (χ3n) is 4.83. The van der Waals surface area contributed by atoms with E-state index in [-0.39, 0.29) is 22.9 Å². The van der Waals surface area contributed by atoms with Gasteiger partial charge in [-0.05, 0) is 17.5 Å². The van der Waals surface area contributed by atoms with Gasteiger partial charge >= 0.3 is 0 Å². The molecule has 2 aliphatic heterocycles. The summed E-state index contributed by atoms with van der Waals surface area (Å²) in [5.74, 6) is -4.17. The Hall–Kier alpha value is -2.63. The highest BCUT2D eigenvalue weighted by molar-refractivity contribution is 8.05. The molecule has 1 aromatic rings. The Bertz CT molecular complexity index is 1030. The van der Waals surface area contributed by atoms with Crippen molar-refractivity contribution >= 4 is 39.4 Å². The van der Waals surface area contributed by atoms with E-state index in [4.69, 9.17) is 0 Å². The number of benzene rings is 1. The largest absolute Gasteiger partial charge is 0.543 e. The number of rotatable bonds is 8. The molecule has 2 heterocycles. The molecule has 3 atom stereocenters. The van der Waals surface area contributed by atoms with Crippen LogP contribution in [0.5, 0.6) is 0 Å². The molecule has 1 aromatic carbocycles. The minimum atomic E-state index is -3.82. The average molecular weight is 452 g/mol. The lowest BCUT2D eigenvalue weighted by atomic mass is 9.83. The maximum Gasteiger partial charge on any atom is 0.235 e. The summed E-state index contributed by atoms with van der Waals surface area (Å²) in [7, 11) is -3.82. The van der Waals surface area contributed by atoms with E-state index < -0.39 is 45.5 Å². The quantitative estimate of drug-likeness (QED) is 0.497. The van der Waals surface area contributed by atoms with Crippen molar-refractivity contribution in [3.05, 3.63) is 52.5 Å². The fraction of sp³-hybridized carbons (Fsp3) is 0.316. The molecule has 1 fully saturated rings. The van der Waals surface area contributed by atoms with Crippen LogP contribution in [0, 0.1) is 5.92 Å². The SMILES string of the molecule is CC(=O)N/C=C/SC1=C(C(=O)[O-])N2C(=O)[C@@H]([C@@H](O)CS(=O)(=O)c3ccccc3)[C@H]2C1. The molecule has 0 saturated carbocycles. The van der Waals surface area contributed by atoms with Crippen LogP contribution < -0.4 is 10.4 Å². The third kappa shape index (κ3) is 4.27. The number of nitrogens with zero attached hydrogens (tertiary/aromatic N) is 1. The van der Waals surface area contributed by atoms with Gasteiger partial charge in [0.05, 0.1) is 40.4 Å². The molecule has 0 unspecified atom stereocenters. The molecule has 0 aromatic heterocycles. The molecule has 0 radical (unpaired) electrons. The van der Waals surface area contributed by atoms with Crippen molar-refractivity contribution < 1.29 is 33.0 Å². The second-order valence-electron chi connectivity index (χ2n) is 6.85. The number of carbonyl (C=O) groups excluding carboxylic acids is 3. The zero-order valence-electron chi connectivity index (χ0n) is 15.8. The maximum absolute atomic E-state index is 12.5. The second-order valence-corrected chi connectivity index (χ2v) is 9.88. The lowest BCUT2D eigenvalue weighted by Gasteiger charge is -2.46. The van der Waals surface area contributed by atoms with E-state index in [1.165, 1.54) is 30.7 Å². The predicted molar refractivity (Wildman–Crippen MR) is 106 cm³/mol. The minimum absolute atomic E-state index is 0.0343. The fourth-order valence-corrected chi connectivity index (χ4v) is 5.82. The maximum atomic E-state index is 12.5. The third-order valence-corrected chi connectivity index (χ3v) is 7.52. The number of thioether (sulfide) groups is 1.